The van der Waals surface area contributed by atoms with E-state index in [9.17, 15) is 9.59 Å². The Balaban J connectivity index is 1.84. The molecule has 1 aromatic carbocycles. The van der Waals surface area contributed by atoms with Crippen molar-refractivity contribution in [3.8, 4) is 0 Å². The van der Waals surface area contributed by atoms with E-state index in [1.165, 1.54) is 18.3 Å². The van der Waals surface area contributed by atoms with Crippen molar-refractivity contribution in [2.75, 3.05) is 13.2 Å². The van der Waals surface area contributed by atoms with Gasteiger partial charge in [-0.1, -0.05) is 40.9 Å². The summed E-state index contributed by atoms with van der Waals surface area (Å²) in [7, 11) is 0. The van der Waals surface area contributed by atoms with E-state index in [4.69, 9.17) is 44.3 Å². The highest BCUT2D eigenvalue weighted by molar-refractivity contribution is 6.43. The molecule has 0 N–H and O–H groups in total. The largest absolute Gasteiger partial charge is 0.458 e. The number of hydrogen-bond donors (Lipinski definition) is 0. The van der Waals surface area contributed by atoms with E-state index in [0.29, 0.717) is 0 Å². The van der Waals surface area contributed by atoms with Crippen LogP contribution in [-0.4, -0.2) is 30.1 Å². The minimum Gasteiger partial charge on any atom is -0.458 e. The fraction of sp³-hybridized carbons (Fsp3) is 0.133. The molecular weight excluding hydrogens is 365 g/mol. The number of benzene rings is 1. The molecule has 23 heavy (non-hydrogen) atoms. The first-order valence-corrected chi connectivity index (χ1v) is 7.53. The second-order valence-electron chi connectivity index (χ2n) is 4.21. The summed E-state index contributed by atoms with van der Waals surface area (Å²) in [5.41, 5.74) is 0.277. The Morgan fingerprint density at radius 2 is 1.52 bits per heavy atom. The highest BCUT2D eigenvalue weighted by atomic mass is 35.5. The molecule has 1 heterocycles. The van der Waals surface area contributed by atoms with Gasteiger partial charge in [-0.3, -0.25) is 0 Å². The molecule has 0 bridgehead atoms. The zero-order valence-corrected chi connectivity index (χ0v) is 13.9. The first-order valence-electron chi connectivity index (χ1n) is 6.39. The van der Waals surface area contributed by atoms with E-state index in [0.717, 1.165) is 0 Å². The van der Waals surface area contributed by atoms with Crippen molar-refractivity contribution in [3.63, 3.8) is 0 Å². The third kappa shape index (κ3) is 4.58. The Morgan fingerprint density at radius 3 is 2.17 bits per heavy atom. The molecule has 0 radical (unpaired) electrons. The predicted octanol–water partition coefficient (Wildman–Crippen LogP) is 4.06. The minimum atomic E-state index is -0.659. The molecule has 0 atom stereocenters. The van der Waals surface area contributed by atoms with Gasteiger partial charge in [-0.2, -0.15) is 0 Å². The lowest BCUT2D eigenvalue weighted by molar-refractivity contribution is 0.0265. The fourth-order valence-corrected chi connectivity index (χ4v) is 2.20. The number of ether oxygens (including phenoxy) is 2. The first kappa shape index (κ1) is 17.5. The van der Waals surface area contributed by atoms with E-state index in [2.05, 4.69) is 4.98 Å². The molecule has 0 saturated heterocycles. The van der Waals surface area contributed by atoms with Crippen molar-refractivity contribution >= 4 is 46.7 Å². The van der Waals surface area contributed by atoms with E-state index in [-0.39, 0.29) is 39.5 Å². The average molecular weight is 375 g/mol. The number of carbonyl (C=O) groups excluding carboxylic acids is 2. The smallest absolute Gasteiger partial charge is 0.341 e. The average Bonchev–Trinajstić information content (AvgIpc) is 2.54. The summed E-state index contributed by atoms with van der Waals surface area (Å²) in [5, 5.41) is 0.400. The van der Waals surface area contributed by atoms with Crippen LogP contribution in [0.25, 0.3) is 0 Å². The standard InChI is InChI=1S/C15H10Cl3NO4/c16-11-5-1-3-9(12(11)17)14(20)22-7-8-23-15(21)10-4-2-6-19-13(10)18/h1-6H,7-8H2. The van der Waals surface area contributed by atoms with Crippen LogP contribution in [0, 0.1) is 0 Å². The zero-order valence-electron chi connectivity index (χ0n) is 11.6. The van der Waals surface area contributed by atoms with Gasteiger partial charge in [0.05, 0.1) is 21.2 Å². The minimum absolute atomic E-state index is 0.0419. The molecule has 0 unspecified atom stereocenters. The summed E-state index contributed by atoms with van der Waals surface area (Å²) in [6.45, 7) is -0.265. The third-order valence-corrected chi connectivity index (χ3v) is 3.82. The van der Waals surface area contributed by atoms with Crippen LogP contribution in [0.3, 0.4) is 0 Å². The van der Waals surface area contributed by atoms with E-state index >= 15 is 0 Å². The van der Waals surface area contributed by atoms with Crippen LogP contribution in [0.5, 0.6) is 0 Å². The second-order valence-corrected chi connectivity index (χ2v) is 5.36. The summed E-state index contributed by atoms with van der Waals surface area (Å²) >= 11 is 17.5. The predicted molar refractivity (Wildman–Crippen MR) is 86.3 cm³/mol. The summed E-state index contributed by atoms with van der Waals surface area (Å²) in [6.07, 6.45) is 1.45. The molecule has 0 aliphatic rings. The molecule has 120 valence electrons. The molecule has 0 saturated carbocycles. The Kier molecular flexibility index (Phi) is 6.21. The van der Waals surface area contributed by atoms with Gasteiger partial charge >= 0.3 is 11.9 Å². The summed E-state index contributed by atoms with van der Waals surface area (Å²) in [5.74, 6) is -1.31. The van der Waals surface area contributed by atoms with Crippen LogP contribution in [-0.2, 0) is 9.47 Å². The number of pyridine rings is 1. The van der Waals surface area contributed by atoms with Crippen LogP contribution >= 0.6 is 34.8 Å². The molecule has 0 amide bonds. The maximum atomic E-state index is 11.8. The molecule has 1 aromatic heterocycles. The van der Waals surface area contributed by atoms with Crippen molar-refractivity contribution in [3.05, 3.63) is 62.9 Å². The van der Waals surface area contributed by atoms with Gasteiger partial charge in [0.15, 0.2) is 0 Å². The highest BCUT2D eigenvalue weighted by Crippen LogP contribution is 2.25. The van der Waals surface area contributed by atoms with Gasteiger partial charge in [0, 0.05) is 6.20 Å². The Labute approximate surface area is 147 Å². The van der Waals surface area contributed by atoms with E-state index in [1.807, 2.05) is 0 Å². The Hall–Kier alpha value is -1.82. The van der Waals surface area contributed by atoms with Crippen molar-refractivity contribution in [2.24, 2.45) is 0 Å². The molecule has 0 aliphatic heterocycles. The van der Waals surface area contributed by atoms with Crippen LogP contribution in [0.15, 0.2) is 36.5 Å². The molecule has 8 heteroatoms. The molecule has 0 aliphatic carbocycles. The summed E-state index contributed by atoms with van der Waals surface area (Å²) in [4.78, 5) is 27.4. The Bertz CT molecular complexity index is 736. The number of carbonyl (C=O) groups is 2. The second kappa shape index (κ2) is 8.15. The van der Waals surface area contributed by atoms with Crippen molar-refractivity contribution in [1.29, 1.82) is 0 Å². The SMILES string of the molecule is O=C(OCCOC(=O)c1cccc(Cl)c1Cl)c1cccnc1Cl. The lowest BCUT2D eigenvalue weighted by Crippen LogP contribution is -2.15. The van der Waals surface area contributed by atoms with Crippen molar-refractivity contribution in [1.82, 2.24) is 4.98 Å². The monoisotopic (exact) mass is 373 g/mol. The Morgan fingerprint density at radius 1 is 0.913 bits per heavy atom. The topological polar surface area (TPSA) is 65.5 Å². The van der Waals surface area contributed by atoms with Gasteiger partial charge in [0.2, 0.25) is 0 Å². The van der Waals surface area contributed by atoms with Gasteiger partial charge in [-0.25, -0.2) is 14.6 Å². The lowest BCUT2D eigenvalue weighted by Gasteiger charge is -2.08. The number of halogens is 3. The van der Waals surface area contributed by atoms with E-state index < -0.39 is 11.9 Å². The van der Waals surface area contributed by atoms with Crippen molar-refractivity contribution in [2.45, 2.75) is 0 Å². The number of hydrogen-bond acceptors (Lipinski definition) is 5. The maximum Gasteiger partial charge on any atom is 0.341 e. The number of esters is 2. The summed E-state index contributed by atoms with van der Waals surface area (Å²) in [6, 6.07) is 7.66. The van der Waals surface area contributed by atoms with Crippen LogP contribution in [0.1, 0.15) is 20.7 Å². The quantitative estimate of drug-likeness (QED) is 0.449. The molecule has 0 fully saturated rings. The van der Waals surface area contributed by atoms with Gasteiger partial charge < -0.3 is 9.47 Å². The van der Waals surface area contributed by atoms with E-state index in [1.54, 1.807) is 18.2 Å². The van der Waals surface area contributed by atoms with Crippen LogP contribution < -0.4 is 0 Å². The molecular formula is C15H10Cl3NO4. The van der Waals surface area contributed by atoms with Gasteiger partial charge in [0.25, 0.3) is 0 Å². The first-order chi connectivity index (χ1) is 11.0. The van der Waals surface area contributed by atoms with Gasteiger partial charge in [-0.05, 0) is 24.3 Å². The molecule has 2 aromatic rings. The molecule has 5 nitrogen and oxygen atoms in total. The van der Waals surface area contributed by atoms with Gasteiger partial charge in [-0.15, -0.1) is 0 Å². The normalized spacial score (nSPS) is 10.2. The summed E-state index contributed by atoms with van der Waals surface area (Å²) < 4.78 is 9.92. The number of rotatable bonds is 5. The van der Waals surface area contributed by atoms with Crippen LogP contribution in [0.4, 0.5) is 0 Å². The number of nitrogens with zero attached hydrogens (tertiary/aromatic N) is 1. The molecule has 2 rings (SSSR count). The van der Waals surface area contributed by atoms with Crippen molar-refractivity contribution < 1.29 is 19.1 Å². The molecule has 0 spiro atoms. The maximum absolute atomic E-state index is 11.8. The highest BCUT2D eigenvalue weighted by Gasteiger charge is 2.15. The van der Waals surface area contributed by atoms with Crippen LogP contribution in [0.2, 0.25) is 15.2 Å². The lowest BCUT2D eigenvalue weighted by atomic mass is 10.2. The zero-order chi connectivity index (χ0) is 16.8. The fourth-order valence-electron chi connectivity index (χ4n) is 1.62. The number of aromatic nitrogens is 1. The van der Waals surface area contributed by atoms with Gasteiger partial charge in [0.1, 0.15) is 18.4 Å². The third-order valence-electron chi connectivity index (χ3n) is 2.70.